The molecular formula is C13H28N2O2. The van der Waals surface area contributed by atoms with Crippen molar-refractivity contribution < 1.29 is 9.90 Å². The third-order valence-corrected chi connectivity index (χ3v) is 3.44. The Morgan fingerprint density at radius 3 is 2.41 bits per heavy atom. The summed E-state index contributed by atoms with van der Waals surface area (Å²) in [4.78, 5) is 11.7. The van der Waals surface area contributed by atoms with Gasteiger partial charge < -0.3 is 16.2 Å². The van der Waals surface area contributed by atoms with E-state index in [1.165, 1.54) is 0 Å². The fourth-order valence-electron chi connectivity index (χ4n) is 1.65. The van der Waals surface area contributed by atoms with Crippen LogP contribution in [0.3, 0.4) is 0 Å². The Morgan fingerprint density at radius 1 is 1.41 bits per heavy atom. The number of hydrogen-bond donors (Lipinski definition) is 3. The van der Waals surface area contributed by atoms with Crippen LogP contribution in [0.25, 0.3) is 0 Å². The van der Waals surface area contributed by atoms with Crippen molar-refractivity contribution in [2.75, 3.05) is 6.54 Å². The second kappa shape index (κ2) is 7.67. The van der Waals surface area contributed by atoms with Crippen molar-refractivity contribution in [3.8, 4) is 0 Å². The zero-order valence-corrected chi connectivity index (χ0v) is 11.6. The fourth-order valence-corrected chi connectivity index (χ4v) is 1.65. The molecule has 0 saturated heterocycles. The average Bonchev–Trinajstić information content (AvgIpc) is 2.23. The highest BCUT2D eigenvalue weighted by Gasteiger charge is 2.25. The molecule has 0 aromatic heterocycles. The minimum absolute atomic E-state index is 0.00590. The lowest BCUT2D eigenvalue weighted by molar-refractivity contribution is -0.124. The van der Waals surface area contributed by atoms with Gasteiger partial charge in [-0.25, -0.2) is 0 Å². The van der Waals surface area contributed by atoms with Crippen LogP contribution in [0.4, 0.5) is 0 Å². The van der Waals surface area contributed by atoms with Gasteiger partial charge in [-0.2, -0.15) is 0 Å². The Bertz CT molecular complexity index is 227. The lowest BCUT2D eigenvalue weighted by Crippen LogP contribution is -2.51. The van der Waals surface area contributed by atoms with E-state index in [9.17, 15) is 9.90 Å². The molecule has 0 spiro atoms. The first kappa shape index (κ1) is 16.4. The predicted molar refractivity (Wildman–Crippen MR) is 70.6 cm³/mol. The lowest BCUT2D eigenvalue weighted by Gasteiger charge is -2.29. The number of nitrogens with two attached hydrogens (primary N) is 1. The van der Waals surface area contributed by atoms with E-state index in [4.69, 9.17) is 5.73 Å². The first-order chi connectivity index (χ1) is 7.83. The van der Waals surface area contributed by atoms with Crippen molar-refractivity contribution in [2.45, 2.75) is 65.0 Å². The molecule has 102 valence electrons. The Labute approximate surface area is 105 Å². The number of carbonyl (C=O) groups excluding carboxylic acids is 1. The van der Waals surface area contributed by atoms with Gasteiger partial charge in [-0.1, -0.05) is 13.3 Å². The first-order valence-corrected chi connectivity index (χ1v) is 6.52. The highest BCUT2D eigenvalue weighted by molar-refractivity contribution is 5.76. The first-order valence-electron chi connectivity index (χ1n) is 6.52. The van der Waals surface area contributed by atoms with E-state index in [1.54, 1.807) is 6.92 Å². The minimum Gasteiger partial charge on any atom is -0.391 e. The standard InChI is InChI=1S/C13H28N2O2/c1-5-11(8-9-14)6-7-12(17)15-13(3,4)10(2)16/h10-11,16H,5-9,14H2,1-4H3,(H,15,17). The monoisotopic (exact) mass is 244 g/mol. The third kappa shape index (κ3) is 6.64. The summed E-state index contributed by atoms with van der Waals surface area (Å²) in [5.41, 5.74) is 4.96. The van der Waals surface area contributed by atoms with E-state index in [1.807, 2.05) is 13.8 Å². The van der Waals surface area contributed by atoms with Crippen LogP contribution < -0.4 is 11.1 Å². The molecular weight excluding hydrogens is 216 g/mol. The molecule has 2 unspecified atom stereocenters. The summed E-state index contributed by atoms with van der Waals surface area (Å²) in [7, 11) is 0. The third-order valence-electron chi connectivity index (χ3n) is 3.44. The van der Waals surface area contributed by atoms with Gasteiger partial charge in [-0.3, -0.25) is 4.79 Å². The Morgan fingerprint density at radius 2 is 2.00 bits per heavy atom. The van der Waals surface area contributed by atoms with Crippen molar-refractivity contribution in [3.63, 3.8) is 0 Å². The van der Waals surface area contributed by atoms with Gasteiger partial charge in [0.2, 0.25) is 5.91 Å². The van der Waals surface area contributed by atoms with Crippen molar-refractivity contribution in [1.82, 2.24) is 5.32 Å². The van der Waals surface area contributed by atoms with Crippen LogP contribution in [0.2, 0.25) is 0 Å². The molecule has 4 N–H and O–H groups in total. The van der Waals surface area contributed by atoms with Gasteiger partial charge in [-0.05, 0) is 46.1 Å². The molecule has 0 aromatic rings. The summed E-state index contributed by atoms with van der Waals surface area (Å²) in [6, 6.07) is 0. The van der Waals surface area contributed by atoms with Crippen molar-refractivity contribution in [1.29, 1.82) is 0 Å². The Kier molecular flexibility index (Phi) is 7.39. The van der Waals surface area contributed by atoms with Crippen LogP contribution in [0.1, 0.15) is 53.4 Å². The molecule has 1 amide bonds. The summed E-state index contributed by atoms with van der Waals surface area (Å²) in [5.74, 6) is 0.534. The number of aliphatic hydroxyl groups excluding tert-OH is 1. The molecule has 0 saturated carbocycles. The topological polar surface area (TPSA) is 75.4 Å². The van der Waals surface area contributed by atoms with E-state index < -0.39 is 11.6 Å². The molecule has 0 heterocycles. The second-order valence-electron chi connectivity index (χ2n) is 5.34. The fraction of sp³-hybridized carbons (Fsp3) is 0.923. The van der Waals surface area contributed by atoms with E-state index in [2.05, 4.69) is 12.2 Å². The van der Waals surface area contributed by atoms with Gasteiger partial charge in [0, 0.05) is 6.42 Å². The normalized spacial score (nSPS) is 15.4. The van der Waals surface area contributed by atoms with Crippen molar-refractivity contribution >= 4 is 5.91 Å². The van der Waals surface area contributed by atoms with Crippen LogP contribution in [-0.2, 0) is 4.79 Å². The Balaban J connectivity index is 4.02. The minimum atomic E-state index is -0.563. The summed E-state index contributed by atoms with van der Waals surface area (Å²) in [6.45, 7) is 8.14. The molecule has 0 rings (SSSR count). The number of hydrogen-bond acceptors (Lipinski definition) is 3. The largest absolute Gasteiger partial charge is 0.391 e. The zero-order valence-electron chi connectivity index (χ0n) is 11.6. The number of aliphatic hydroxyl groups is 1. The highest BCUT2D eigenvalue weighted by Crippen LogP contribution is 2.15. The number of nitrogens with one attached hydrogen (secondary N) is 1. The van der Waals surface area contributed by atoms with Gasteiger partial charge >= 0.3 is 0 Å². The van der Waals surface area contributed by atoms with Crippen molar-refractivity contribution in [2.24, 2.45) is 11.7 Å². The smallest absolute Gasteiger partial charge is 0.220 e. The second-order valence-corrected chi connectivity index (χ2v) is 5.34. The van der Waals surface area contributed by atoms with Gasteiger partial charge in [0.25, 0.3) is 0 Å². The molecule has 0 fully saturated rings. The molecule has 0 bridgehead atoms. The molecule has 0 aliphatic heterocycles. The maximum Gasteiger partial charge on any atom is 0.220 e. The summed E-state index contributed by atoms with van der Waals surface area (Å²) in [5, 5.41) is 12.4. The van der Waals surface area contributed by atoms with Crippen LogP contribution in [0, 0.1) is 5.92 Å². The molecule has 0 aliphatic carbocycles. The van der Waals surface area contributed by atoms with Gasteiger partial charge in [-0.15, -0.1) is 0 Å². The van der Waals surface area contributed by atoms with Crippen LogP contribution in [0.5, 0.6) is 0 Å². The zero-order chi connectivity index (χ0) is 13.5. The van der Waals surface area contributed by atoms with E-state index in [0.717, 1.165) is 19.3 Å². The Hall–Kier alpha value is -0.610. The SMILES string of the molecule is CCC(CCN)CCC(=O)NC(C)(C)C(C)O. The molecule has 2 atom stereocenters. The molecule has 0 radical (unpaired) electrons. The van der Waals surface area contributed by atoms with Crippen LogP contribution in [-0.4, -0.2) is 29.2 Å². The van der Waals surface area contributed by atoms with Gasteiger partial charge in [0.15, 0.2) is 0 Å². The predicted octanol–water partition coefficient (Wildman–Crippen LogP) is 1.42. The molecule has 4 nitrogen and oxygen atoms in total. The van der Waals surface area contributed by atoms with Crippen molar-refractivity contribution in [3.05, 3.63) is 0 Å². The maximum atomic E-state index is 11.7. The summed E-state index contributed by atoms with van der Waals surface area (Å²) >= 11 is 0. The van der Waals surface area contributed by atoms with E-state index in [-0.39, 0.29) is 5.91 Å². The molecule has 4 heteroatoms. The quantitative estimate of drug-likeness (QED) is 0.604. The van der Waals surface area contributed by atoms with E-state index in [0.29, 0.717) is 18.9 Å². The molecule has 0 aliphatic rings. The number of rotatable bonds is 8. The summed E-state index contributed by atoms with van der Waals surface area (Å²) in [6.07, 6.45) is 2.86. The van der Waals surface area contributed by atoms with Gasteiger partial charge in [0.05, 0.1) is 11.6 Å². The molecule has 17 heavy (non-hydrogen) atoms. The number of carbonyl (C=O) groups is 1. The number of amides is 1. The highest BCUT2D eigenvalue weighted by atomic mass is 16.3. The average molecular weight is 244 g/mol. The van der Waals surface area contributed by atoms with Crippen LogP contribution >= 0.6 is 0 Å². The summed E-state index contributed by atoms with van der Waals surface area (Å²) < 4.78 is 0. The molecule has 0 aromatic carbocycles. The van der Waals surface area contributed by atoms with Crippen LogP contribution in [0.15, 0.2) is 0 Å². The maximum absolute atomic E-state index is 11.7. The van der Waals surface area contributed by atoms with E-state index >= 15 is 0 Å². The van der Waals surface area contributed by atoms with Gasteiger partial charge in [0.1, 0.15) is 0 Å². The lowest BCUT2D eigenvalue weighted by atomic mass is 9.95.